The van der Waals surface area contributed by atoms with Gasteiger partial charge < -0.3 is 15.7 Å². The van der Waals surface area contributed by atoms with Crippen LogP contribution in [-0.2, 0) is 6.42 Å². The van der Waals surface area contributed by atoms with E-state index in [1.165, 1.54) is 6.42 Å². The maximum absolute atomic E-state index is 9.44. The summed E-state index contributed by atoms with van der Waals surface area (Å²) in [5.74, 6) is 3.02. The molecule has 1 aromatic rings. The number of anilines is 2. The molecule has 0 saturated heterocycles. The average molecular weight is 292 g/mol. The van der Waals surface area contributed by atoms with E-state index >= 15 is 0 Å². The zero-order chi connectivity index (χ0) is 15.1. The average Bonchev–Trinajstić information content (AvgIpc) is 2.92. The van der Waals surface area contributed by atoms with Gasteiger partial charge in [0.25, 0.3) is 0 Å². The van der Waals surface area contributed by atoms with Crippen LogP contribution in [0.15, 0.2) is 6.07 Å². The van der Waals surface area contributed by atoms with Crippen molar-refractivity contribution in [2.75, 3.05) is 23.8 Å². The standard InChI is InChI=1S/C16H28N4O/c1-3-6-14-19-15(17-9-4-2)10-16(20-14)18-13-8-5-7-12(13)11-21/h10,12-13,21H,3-9,11H2,1-2H3,(H2,17,18,19,20). The third-order valence-corrected chi connectivity index (χ3v) is 4.03. The Kier molecular flexibility index (Phi) is 6.23. The number of aryl methyl sites for hydroxylation is 1. The molecule has 1 aliphatic carbocycles. The lowest BCUT2D eigenvalue weighted by Gasteiger charge is -2.20. The first-order chi connectivity index (χ1) is 10.3. The van der Waals surface area contributed by atoms with Crippen molar-refractivity contribution in [2.24, 2.45) is 5.92 Å². The minimum Gasteiger partial charge on any atom is -0.396 e. The topological polar surface area (TPSA) is 70.1 Å². The molecule has 1 fully saturated rings. The number of nitrogens with zero attached hydrogens (tertiary/aromatic N) is 2. The molecule has 0 aliphatic heterocycles. The van der Waals surface area contributed by atoms with Crippen molar-refractivity contribution in [3.8, 4) is 0 Å². The highest BCUT2D eigenvalue weighted by atomic mass is 16.3. The van der Waals surface area contributed by atoms with Crippen LogP contribution in [0.4, 0.5) is 11.6 Å². The van der Waals surface area contributed by atoms with E-state index in [2.05, 4.69) is 34.4 Å². The molecule has 2 rings (SSSR count). The van der Waals surface area contributed by atoms with Crippen LogP contribution in [0.25, 0.3) is 0 Å². The van der Waals surface area contributed by atoms with Crippen LogP contribution in [0.1, 0.15) is 51.8 Å². The quantitative estimate of drug-likeness (QED) is 0.687. The summed E-state index contributed by atoms with van der Waals surface area (Å²) in [6.45, 7) is 5.46. The van der Waals surface area contributed by atoms with E-state index in [0.717, 1.165) is 56.1 Å². The molecule has 0 radical (unpaired) electrons. The SMILES string of the molecule is CCCNc1cc(NC2CCCC2CO)nc(CCC)n1. The van der Waals surface area contributed by atoms with Gasteiger partial charge in [-0.25, -0.2) is 9.97 Å². The Morgan fingerprint density at radius 2 is 2.00 bits per heavy atom. The first kappa shape index (κ1) is 16.0. The smallest absolute Gasteiger partial charge is 0.133 e. The summed E-state index contributed by atoms with van der Waals surface area (Å²) in [5.41, 5.74) is 0. The van der Waals surface area contributed by atoms with Crippen molar-refractivity contribution in [1.29, 1.82) is 0 Å². The fraction of sp³-hybridized carbons (Fsp3) is 0.750. The van der Waals surface area contributed by atoms with Crippen molar-refractivity contribution >= 4 is 11.6 Å². The van der Waals surface area contributed by atoms with Gasteiger partial charge in [0.1, 0.15) is 17.5 Å². The molecular weight excluding hydrogens is 264 g/mol. The second-order valence-electron chi connectivity index (χ2n) is 5.86. The van der Waals surface area contributed by atoms with E-state index in [4.69, 9.17) is 0 Å². The second-order valence-corrected chi connectivity index (χ2v) is 5.86. The van der Waals surface area contributed by atoms with Gasteiger partial charge in [0.2, 0.25) is 0 Å². The highest BCUT2D eigenvalue weighted by Gasteiger charge is 2.26. The molecule has 0 bridgehead atoms. The molecule has 0 aromatic carbocycles. The number of hydrogen-bond donors (Lipinski definition) is 3. The Hall–Kier alpha value is -1.36. The largest absolute Gasteiger partial charge is 0.396 e. The molecule has 1 aromatic heterocycles. The molecule has 0 spiro atoms. The zero-order valence-electron chi connectivity index (χ0n) is 13.2. The van der Waals surface area contributed by atoms with Gasteiger partial charge in [-0.2, -0.15) is 0 Å². The lowest BCUT2D eigenvalue weighted by atomic mass is 10.1. The molecule has 5 heteroatoms. The van der Waals surface area contributed by atoms with Crippen LogP contribution in [0.5, 0.6) is 0 Å². The maximum Gasteiger partial charge on any atom is 0.133 e. The van der Waals surface area contributed by atoms with Crippen LogP contribution in [0.2, 0.25) is 0 Å². The van der Waals surface area contributed by atoms with E-state index in [1.807, 2.05) is 6.07 Å². The van der Waals surface area contributed by atoms with Crippen molar-refractivity contribution in [1.82, 2.24) is 9.97 Å². The van der Waals surface area contributed by atoms with Gasteiger partial charge in [-0.3, -0.25) is 0 Å². The van der Waals surface area contributed by atoms with Crippen molar-refractivity contribution in [2.45, 2.75) is 58.4 Å². The first-order valence-corrected chi connectivity index (χ1v) is 8.26. The van der Waals surface area contributed by atoms with Gasteiger partial charge in [0.05, 0.1) is 0 Å². The summed E-state index contributed by atoms with van der Waals surface area (Å²) in [4.78, 5) is 9.18. The number of aliphatic hydroxyl groups is 1. The Balaban J connectivity index is 2.10. The third kappa shape index (κ3) is 4.56. The number of nitrogens with one attached hydrogen (secondary N) is 2. The number of hydrogen-bond acceptors (Lipinski definition) is 5. The van der Waals surface area contributed by atoms with Gasteiger partial charge >= 0.3 is 0 Å². The summed E-state index contributed by atoms with van der Waals surface area (Å²) < 4.78 is 0. The Bertz CT molecular complexity index is 438. The summed E-state index contributed by atoms with van der Waals surface area (Å²) in [6.07, 6.45) is 6.39. The molecule has 1 saturated carbocycles. The monoisotopic (exact) mass is 292 g/mol. The predicted molar refractivity (Wildman–Crippen MR) is 86.6 cm³/mol. The summed E-state index contributed by atoms with van der Waals surface area (Å²) in [6, 6.07) is 2.32. The van der Waals surface area contributed by atoms with Crippen LogP contribution < -0.4 is 10.6 Å². The van der Waals surface area contributed by atoms with E-state index in [0.29, 0.717) is 12.0 Å². The molecule has 2 unspecified atom stereocenters. The fourth-order valence-corrected chi connectivity index (χ4v) is 2.89. The molecule has 1 heterocycles. The van der Waals surface area contributed by atoms with Gasteiger partial charge in [0.15, 0.2) is 0 Å². The predicted octanol–water partition coefficient (Wildman–Crippen LogP) is 2.82. The first-order valence-electron chi connectivity index (χ1n) is 8.26. The molecular formula is C16H28N4O. The Morgan fingerprint density at radius 3 is 2.71 bits per heavy atom. The zero-order valence-corrected chi connectivity index (χ0v) is 13.2. The highest BCUT2D eigenvalue weighted by molar-refractivity contribution is 5.48. The van der Waals surface area contributed by atoms with Gasteiger partial charge in [0, 0.05) is 37.6 Å². The number of aromatic nitrogens is 2. The van der Waals surface area contributed by atoms with E-state index in [1.54, 1.807) is 0 Å². The van der Waals surface area contributed by atoms with Crippen LogP contribution in [0.3, 0.4) is 0 Å². The minimum absolute atomic E-state index is 0.255. The molecule has 118 valence electrons. The fourth-order valence-electron chi connectivity index (χ4n) is 2.89. The lowest BCUT2D eigenvalue weighted by Crippen LogP contribution is -2.27. The van der Waals surface area contributed by atoms with Crippen molar-refractivity contribution < 1.29 is 5.11 Å². The molecule has 5 nitrogen and oxygen atoms in total. The van der Waals surface area contributed by atoms with E-state index in [9.17, 15) is 5.11 Å². The second kappa shape index (κ2) is 8.17. The summed E-state index contributed by atoms with van der Waals surface area (Å²) >= 11 is 0. The van der Waals surface area contributed by atoms with Gasteiger partial charge in [-0.1, -0.05) is 20.3 Å². The van der Waals surface area contributed by atoms with E-state index in [-0.39, 0.29) is 6.61 Å². The molecule has 3 N–H and O–H groups in total. The summed E-state index contributed by atoms with van der Waals surface area (Å²) in [5, 5.41) is 16.3. The Morgan fingerprint density at radius 1 is 1.19 bits per heavy atom. The summed E-state index contributed by atoms with van der Waals surface area (Å²) in [7, 11) is 0. The normalized spacial score (nSPS) is 21.5. The van der Waals surface area contributed by atoms with Crippen LogP contribution in [-0.4, -0.2) is 34.3 Å². The van der Waals surface area contributed by atoms with Crippen LogP contribution in [0, 0.1) is 5.92 Å². The van der Waals surface area contributed by atoms with Gasteiger partial charge in [-0.05, 0) is 25.7 Å². The molecule has 1 aliphatic rings. The Labute approximate surface area is 127 Å². The molecule has 21 heavy (non-hydrogen) atoms. The number of aliphatic hydroxyl groups excluding tert-OH is 1. The van der Waals surface area contributed by atoms with Gasteiger partial charge in [-0.15, -0.1) is 0 Å². The van der Waals surface area contributed by atoms with E-state index < -0.39 is 0 Å². The number of rotatable bonds is 8. The molecule has 2 atom stereocenters. The van der Waals surface area contributed by atoms with Crippen molar-refractivity contribution in [3.63, 3.8) is 0 Å². The highest BCUT2D eigenvalue weighted by Crippen LogP contribution is 2.28. The minimum atomic E-state index is 0.255. The lowest BCUT2D eigenvalue weighted by molar-refractivity contribution is 0.222. The van der Waals surface area contributed by atoms with Crippen LogP contribution >= 0.6 is 0 Å². The molecule has 0 amide bonds. The third-order valence-electron chi connectivity index (χ3n) is 4.03. The maximum atomic E-state index is 9.44. The van der Waals surface area contributed by atoms with Crippen molar-refractivity contribution in [3.05, 3.63) is 11.9 Å².